The summed E-state index contributed by atoms with van der Waals surface area (Å²) in [6.45, 7) is 4.57. The molecule has 1 aliphatic rings. The molecule has 0 atom stereocenters. The second-order valence-electron chi connectivity index (χ2n) is 12.4. The lowest BCUT2D eigenvalue weighted by Crippen LogP contribution is -2.09. The Morgan fingerprint density at radius 3 is 2.65 bits per heavy atom. The van der Waals surface area contributed by atoms with E-state index in [1.165, 1.54) is 17.0 Å². The Morgan fingerprint density at radius 2 is 1.86 bits per heavy atom. The summed E-state index contributed by atoms with van der Waals surface area (Å²) in [5, 5.41) is 29.1. The normalized spacial score (nSPS) is 14.2. The summed E-state index contributed by atoms with van der Waals surface area (Å²) in [6, 6.07) is 12.5. The van der Waals surface area contributed by atoms with Gasteiger partial charge in [-0.3, -0.25) is 4.68 Å². The van der Waals surface area contributed by atoms with E-state index < -0.39 is 5.97 Å². The van der Waals surface area contributed by atoms with Crippen LogP contribution in [0.1, 0.15) is 55.0 Å². The number of hydrogen-bond acceptors (Lipinski definition) is 7. The van der Waals surface area contributed by atoms with Gasteiger partial charge in [0.05, 0.1) is 47.4 Å². The lowest BCUT2D eigenvalue weighted by Gasteiger charge is -2.13. The van der Waals surface area contributed by atoms with Crippen molar-refractivity contribution in [3.8, 4) is 16.9 Å². The molecule has 3 aromatic carbocycles. The quantitative estimate of drug-likeness (QED) is 0.190. The standard InChI is InChI=1S/C37H36ClFN4O4S2/c1-20-31-11-6-22-15-23-17-24(39)7-8-25(23)30(16-22)47-14-4-5-26-27-9-10-28(38)34(35(27)42(3)36(26)37(45)46)33-21(2)41-43(12-13-44)29(33)18-48-19-32(40-20)49-31/h7-10,15-17,44H,4-6,11-14,18-19H2,1-3H3,(H,45,46). The second kappa shape index (κ2) is 13.8. The van der Waals surface area contributed by atoms with Crippen molar-refractivity contribution in [2.45, 2.75) is 57.6 Å². The Morgan fingerprint density at radius 1 is 1.04 bits per heavy atom. The van der Waals surface area contributed by atoms with Crippen LogP contribution >= 0.6 is 34.7 Å². The van der Waals surface area contributed by atoms with Crippen LogP contribution in [-0.4, -0.2) is 48.7 Å². The molecule has 0 amide bonds. The number of thiazole rings is 1. The highest BCUT2D eigenvalue weighted by molar-refractivity contribution is 7.97. The predicted molar refractivity (Wildman–Crippen MR) is 195 cm³/mol. The molecule has 1 aliphatic heterocycles. The summed E-state index contributed by atoms with van der Waals surface area (Å²) in [5.41, 5.74) is 6.97. The molecule has 8 bridgehead atoms. The van der Waals surface area contributed by atoms with Crippen molar-refractivity contribution in [2.24, 2.45) is 7.05 Å². The van der Waals surface area contributed by atoms with Gasteiger partial charge in [0.25, 0.3) is 0 Å². The molecule has 49 heavy (non-hydrogen) atoms. The zero-order valence-corrected chi connectivity index (χ0v) is 29.9. The lowest BCUT2D eigenvalue weighted by atomic mass is 9.98. The fraction of sp³-hybridized carbons (Fsp3) is 0.324. The van der Waals surface area contributed by atoms with Crippen LogP contribution in [0.2, 0.25) is 5.02 Å². The van der Waals surface area contributed by atoms with Gasteiger partial charge >= 0.3 is 5.97 Å². The van der Waals surface area contributed by atoms with Gasteiger partial charge in [0, 0.05) is 45.3 Å². The zero-order valence-electron chi connectivity index (χ0n) is 27.5. The van der Waals surface area contributed by atoms with Crippen LogP contribution in [0.5, 0.6) is 5.75 Å². The molecule has 254 valence electrons. The molecule has 7 rings (SSSR count). The predicted octanol–water partition coefficient (Wildman–Crippen LogP) is 8.29. The number of carbonyl (C=O) groups is 1. The smallest absolute Gasteiger partial charge is 0.352 e. The number of ether oxygens (including phenoxy) is 1. The minimum Gasteiger partial charge on any atom is -0.493 e. The van der Waals surface area contributed by atoms with Crippen molar-refractivity contribution < 1.29 is 24.1 Å². The van der Waals surface area contributed by atoms with Gasteiger partial charge in [-0.25, -0.2) is 14.2 Å². The molecule has 0 fully saturated rings. The summed E-state index contributed by atoms with van der Waals surface area (Å²) in [7, 11) is 1.77. The van der Waals surface area contributed by atoms with Gasteiger partial charge < -0.3 is 19.5 Å². The van der Waals surface area contributed by atoms with Crippen LogP contribution in [0, 0.1) is 19.7 Å². The fourth-order valence-electron chi connectivity index (χ4n) is 7.08. The van der Waals surface area contributed by atoms with E-state index in [9.17, 15) is 19.4 Å². The zero-order chi connectivity index (χ0) is 34.4. The van der Waals surface area contributed by atoms with Crippen molar-refractivity contribution in [3.05, 3.63) is 97.1 Å². The molecule has 0 spiro atoms. The Balaban J connectivity index is 1.37. The number of fused-ring (bicyclic) bond motifs is 8. The Hall–Kier alpha value is -3.90. The molecule has 8 nitrogen and oxygen atoms in total. The van der Waals surface area contributed by atoms with E-state index in [4.69, 9.17) is 26.4 Å². The SMILES string of the molecule is Cc1nc2sc1CCc1cc(c3ccc(F)cc3c1)OCCCc1c(C(=O)O)n(C)c3c(c(Cl)ccc13)-c1c(C)nn(CCO)c1CSC2. The van der Waals surface area contributed by atoms with E-state index in [1.54, 1.807) is 40.8 Å². The summed E-state index contributed by atoms with van der Waals surface area (Å²) in [4.78, 5) is 18.9. The summed E-state index contributed by atoms with van der Waals surface area (Å²) in [5.74, 6) is 0.648. The Kier molecular flexibility index (Phi) is 9.45. The Labute approximate surface area is 296 Å². The molecule has 3 aromatic heterocycles. The van der Waals surface area contributed by atoms with Gasteiger partial charge in [0.2, 0.25) is 0 Å². The van der Waals surface area contributed by atoms with E-state index in [0.717, 1.165) is 73.3 Å². The van der Waals surface area contributed by atoms with Crippen molar-refractivity contribution in [1.82, 2.24) is 19.3 Å². The number of aliphatic hydroxyl groups excluding tert-OH is 1. The first-order chi connectivity index (χ1) is 23.6. The van der Waals surface area contributed by atoms with Crippen LogP contribution in [0.3, 0.4) is 0 Å². The number of hydrogen-bond donors (Lipinski definition) is 2. The molecular weight excluding hydrogens is 683 g/mol. The highest BCUT2D eigenvalue weighted by atomic mass is 35.5. The number of aromatic nitrogens is 4. The summed E-state index contributed by atoms with van der Waals surface area (Å²) >= 11 is 10.4. The molecular formula is C37H36ClFN4O4S2. The maximum atomic E-state index is 14.3. The number of benzene rings is 3. The second-order valence-corrected chi connectivity index (χ2v) is 14.9. The molecule has 6 aromatic rings. The fourth-order valence-corrected chi connectivity index (χ4v) is 9.50. The average Bonchev–Trinajstić information content (AvgIpc) is 3.67. The first-order valence-electron chi connectivity index (χ1n) is 16.2. The van der Waals surface area contributed by atoms with Gasteiger partial charge in [0.1, 0.15) is 22.3 Å². The molecule has 0 saturated heterocycles. The molecule has 12 heteroatoms. The average molecular weight is 719 g/mol. The Bertz CT molecular complexity index is 2240. The number of rotatable bonds is 3. The van der Waals surface area contributed by atoms with E-state index in [-0.39, 0.29) is 18.1 Å². The van der Waals surface area contributed by atoms with E-state index in [1.807, 2.05) is 42.8 Å². The van der Waals surface area contributed by atoms with Gasteiger partial charge in [-0.15, -0.1) is 23.1 Å². The largest absolute Gasteiger partial charge is 0.493 e. The first kappa shape index (κ1) is 33.6. The van der Waals surface area contributed by atoms with Crippen molar-refractivity contribution in [3.63, 3.8) is 0 Å². The number of carboxylic acid groups (broad SMARTS) is 1. The number of aromatic carboxylic acids is 1. The third kappa shape index (κ3) is 6.33. The lowest BCUT2D eigenvalue weighted by molar-refractivity contribution is 0.0685. The molecule has 0 unspecified atom stereocenters. The maximum Gasteiger partial charge on any atom is 0.352 e. The van der Waals surface area contributed by atoms with E-state index in [0.29, 0.717) is 53.8 Å². The van der Waals surface area contributed by atoms with Gasteiger partial charge in [0.15, 0.2) is 0 Å². The van der Waals surface area contributed by atoms with Crippen molar-refractivity contribution in [2.75, 3.05) is 13.2 Å². The summed E-state index contributed by atoms with van der Waals surface area (Å²) < 4.78 is 24.3. The van der Waals surface area contributed by atoms with Crippen molar-refractivity contribution >= 4 is 62.3 Å². The molecule has 4 heterocycles. The number of carboxylic acids is 1. The van der Waals surface area contributed by atoms with E-state index in [2.05, 4.69) is 0 Å². The van der Waals surface area contributed by atoms with Gasteiger partial charge in [-0.2, -0.15) is 5.10 Å². The number of halogens is 2. The topological polar surface area (TPSA) is 102 Å². The minimum absolute atomic E-state index is 0.0717. The maximum absolute atomic E-state index is 14.3. The third-order valence-corrected chi connectivity index (χ3v) is 11.9. The van der Waals surface area contributed by atoms with Gasteiger partial charge in [-0.05, 0) is 86.4 Å². The van der Waals surface area contributed by atoms with Crippen LogP contribution in [0.15, 0.2) is 42.5 Å². The van der Waals surface area contributed by atoms with Crippen molar-refractivity contribution in [1.29, 1.82) is 0 Å². The van der Waals surface area contributed by atoms with Crippen LogP contribution < -0.4 is 4.74 Å². The number of aliphatic hydroxyl groups is 1. The number of aryl methyl sites for hydroxylation is 6. The van der Waals surface area contributed by atoms with E-state index >= 15 is 0 Å². The highest BCUT2D eigenvalue weighted by Crippen LogP contribution is 2.43. The van der Waals surface area contributed by atoms with Crippen LogP contribution in [0.4, 0.5) is 4.39 Å². The molecule has 0 radical (unpaired) electrons. The molecule has 0 saturated carbocycles. The minimum atomic E-state index is -1.02. The molecule has 0 aliphatic carbocycles. The monoisotopic (exact) mass is 718 g/mol. The number of thioether (sulfide) groups is 1. The first-order valence-corrected chi connectivity index (χ1v) is 18.6. The molecule has 2 N–H and O–H groups in total. The van der Waals surface area contributed by atoms with Crippen LogP contribution in [-0.2, 0) is 44.4 Å². The van der Waals surface area contributed by atoms with Crippen LogP contribution in [0.25, 0.3) is 32.8 Å². The van der Waals surface area contributed by atoms with Gasteiger partial charge in [-0.1, -0.05) is 23.7 Å². The summed E-state index contributed by atoms with van der Waals surface area (Å²) in [6.07, 6.45) is 2.58. The third-order valence-electron chi connectivity index (χ3n) is 9.21. The number of nitrogens with zero attached hydrogens (tertiary/aromatic N) is 4. The highest BCUT2D eigenvalue weighted by Gasteiger charge is 2.28.